The molecule has 0 aromatic heterocycles. The predicted octanol–water partition coefficient (Wildman–Crippen LogP) is 4.77. The van der Waals surface area contributed by atoms with Gasteiger partial charge >= 0.3 is 6.18 Å². The maximum atomic E-state index is 12.9. The van der Waals surface area contributed by atoms with E-state index in [1.54, 1.807) is 0 Å². The first kappa shape index (κ1) is 16.8. The van der Waals surface area contributed by atoms with Crippen LogP contribution in [-0.4, -0.2) is 18.8 Å². The summed E-state index contributed by atoms with van der Waals surface area (Å²) in [5.74, 6) is -0.452. The Morgan fingerprint density at radius 2 is 1.89 bits per heavy atom. The molecule has 0 aliphatic heterocycles. The lowest BCUT2D eigenvalue weighted by Crippen LogP contribution is -2.44. The summed E-state index contributed by atoms with van der Waals surface area (Å²) in [6.07, 6.45) is 0.338. The van der Waals surface area contributed by atoms with E-state index in [1.807, 2.05) is 0 Å². The lowest BCUT2D eigenvalue weighted by Gasteiger charge is -2.38. The molecule has 4 heteroatoms. The Bertz CT molecular complexity index is 252. The van der Waals surface area contributed by atoms with E-state index in [0.29, 0.717) is 18.8 Å². The van der Waals surface area contributed by atoms with E-state index in [2.05, 4.69) is 26.1 Å². The highest BCUT2D eigenvalue weighted by molar-refractivity contribution is 4.87. The van der Waals surface area contributed by atoms with Gasteiger partial charge in [0.2, 0.25) is 0 Å². The van der Waals surface area contributed by atoms with Crippen LogP contribution in [-0.2, 0) is 0 Å². The molecule has 0 aromatic carbocycles. The van der Waals surface area contributed by atoms with Crippen molar-refractivity contribution in [3.8, 4) is 0 Å². The number of hydrogen-bond acceptors (Lipinski definition) is 1. The predicted molar refractivity (Wildman–Crippen MR) is 73.0 cm³/mol. The molecule has 1 rings (SSSR count). The van der Waals surface area contributed by atoms with Crippen LogP contribution in [0.25, 0.3) is 0 Å². The van der Waals surface area contributed by atoms with E-state index < -0.39 is 12.1 Å². The Morgan fingerprint density at radius 1 is 1.21 bits per heavy atom. The van der Waals surface area contributed by atoms with Crippen molar-refractivity contribution in [2.75, 3.05) is 6.54 Å². The minimum Gasteiger partial charge on any atom is -0.313 e. The van der Waals surface area contributed by atoms with Gasteiger partial charge in [-0.25, -0.2) is 0 Å². The van der Waals surface area contributed by atoms with Gasteiger partial charge in [0.15, 0.2) is 0 Å². The van der Waals surface area contributed by atoms with Gasteiger partial charge < -0.3 is 5.32 Å². The molecule has 114 valence electrons. The third-order valence-electron chi connectivity index (χ3n) is 4.57. The molecule has 0 heterocycles. The number of rotatable bonds is 6. The summed E-state index contributed by atoms with van der Waals surface area (Å²) in [5, 5.41) is 3.49. The zero-order valence-corrected chi connectivity index (χ0v) is 12.4. The monoisotopic (exact) mass is 279 g/mol. The second kappa shape index (κ2) is 7.51. The highest BCUT2D eigenvalue weighted by Gasteiger charge is 2.43. The fourth-order valence-electron chi connectivity index (χ4n) is 3.25. The average molecular weight is 279 g/mol. The van der Waals surface area contributed by atoms with Crippen molar-refractivity contribution in [1.82, 2.24) is 5.32 Å². The molecule has 0 amide bonds. The molecule has 1 fully saturated rings. The lowest BCUT2D eigenvalue weighted by atomic mass is 9.74. The van der Waals surface area contributed by atoms with Crippen molar-refractivity contribution < 1.29 is 13.2 Å². The zero-order chi connectivity index (χ0) is 14.5. The Morgan fingerprint density at radius 3 is 2.42 bits per heavy atom. The third-order valence-corrected chi connectivity index (χ3v) is 4.57. The molecular weight excluding hydrogens is 251 g/mol. The van der Waals surface area contributed by atoms with Gasteiger partial charge in [0.05, 0.1) is 5.92 Å². The fraction of sp³-hybridized carbons (Fsp3) is 1.00. The molecule has 1 aliphatic carbocycles. The molecule has 0 aromatic rings. The van der Waals surface area contributed by atoms with Crippen LogP contribution >= 0.6 is 0 Å². The summed E-state index contributed by atoms with van der Waals surface area (Å²) >= 11 is 0. The molecule has 0 spiro atoms. The van der Waals surface area contributed by atoms with E-state index in [1.165, 1.54) is 0 Å². The summed E-state index contributed by atoms with van der Waals surface area (Å²) in [6, 6.07) is 0.245. The fourth-order valence-corrected chi connectivity index (χ4v) is 3.25. The first-order chi connectivity index (χ1) is 8.90. The van der Waals surface area contributed by atoms with Gasteiger partial charge in [0.25, 0.3) is 0 Å². The topological polar surface area (TPSA) is 12.0 Å². The first-order valence-electron chi connectivity index (χ1n) is 7.70. The SMILES string of the molecule is CCCNC(C(C)CC)C1CCCC(C(F)(F)F)C1. The van der Waals surface area contributed by atoms with E-state index >= 15 is 0 Å². The maximum absolute atomic E-state index is 12.9. The Balaban J connectivity index is 2.67. The van der Waals surface area contributed by atoms with Crippen LogP contribution in [0.1, 0.15) is 59.3 Å². The van der Waals surface area contributed by atoms with Crippen molar-refractivity contribution in [2.45, 2.75) is 71.5 Å². The third kappa shape index (κ3) is 4.97. The number of nitrogens with one attached hydrogen (secondary N) is 1. The van der Waals surface area contributed by atoms with Gasteiger partial charge in [-0.05, 0) is 44.1 Å². The summed E-state index contributed by atoms with van der Waals surface area (Å²) < 4.78 is 38.7. The average Bonchev–Trinajstić information content (AvgIpc) is 2.38. The van der Waals surface area contributed by atoms with Crippen molar-refractivity contribution in [1.29, 1.82) is 0 Å². The smallest absolute Gasteiger partial charge is 0.313 e. The van der Waals surface area contributed by atoms with Crippen LogP contribution in [0.15, 0.2) is 0 Å². The Kier molecular flexibility index (Phi) is 6.64. The molecule has 0 saturated heterocycles. The molecule has 1 aliphatic rings. The van der Waals surface area contributed by atoms with E-state index in [-0.39, 0.29) is 12.0 Å². The van der Waals surface area contributed by atoms with Crippen molar-refractivity contribution in [3.05, 3.63) is 0 Å². The Hall–Kier alpha value is -0.250. The summed E-state index contributed by atoms with van der Waals surface area (Å²) in [5.41, 5.74) is 0. The number of hydrogen-bond donors (Lipinski definition) is 1. The molecule has 1 saturated carbocycles. The van der Waals surface area contributed by atoms with Gasteiger partial charge in [-0.3, -0.25) is 0 Å². The van der Waals surface area contributed by atoms with E-state index in [9.17, 15) is 13.2 Å². The van der Waals surface area contributed by atoms with Gasteiger partial charge in [-0.15, -0.1) is 0 Å². The highest BCUT2D eigenvalue weighted by Crippen LogP contribution is 2.42. The van der Waals surface area contributed by atoms with Crippen molar-refractivity contribution in [3.63, 3.8) is 0 Å². The lowest BCUT2D eigenvalue weighted by molar-refractivity contribution is -0.187. The van der Waals surface area contributed by atoms with Crippen molar-refractivity contribution >= 4 is 0 Å². The largest absolute Gasteiger partial charge is 0.391 e. The zero-order valence-electron chi connectivity index (χ0n) is 12.4. The minimum atomic E-state index is -4.01. The van der Waals surface area contributed by atoms with Crippen LogP contribution in [0.4, 0.5) is 13.2 Å². The molecule has 4 unspecified atom stereocenters. The molecule has 4 atom stereocenters. The standard InChI is InChI=1S/C15H28F3N/c1-4-9-19-14(11(3)5-2)12-7-6-8-13(10-12)15(16,17)18/h11-14,19H,4-10H2,1-3H3. The van der Waals surface area contributed by atoms with Crippen LogP contribution in [0.3, 0.4) is 0 Å². The van der Waals surface area contributed by atoms with Gasteiger partial charge in [0.1, 0.15) is 0 Å². The maximum Gasteiger partial charge on any atom is 0.391 e. The molecule has 1 N–H and O–H groups in total. The normalized spacial score (nSPS) is 28.1. The Labute approximate surface area is 115 Å². The summed E-state index contributed by atoms with van der Waals surface area (Å²) in [7, 11) is 0. The molecule has 1 nitrogen and oxygen atoms in total. The molecular formula is C15H28F3N. The summed E-state index contributed by atoms with van der Waals surface area (Å²) in [4.78, 5) is 0. The van der Waals surface area contributed by atoms with Gasteiger partial charge in [-0.2, -0.15) is 13.2 Å². The van der Waals surface area contributed by atoms with Gasteiger partial charge in [0, 0.05) is 6.04 Å². The molecule has 0 radical (unpaired) electrons. The van der Waals surface area contributed by atoms with Crippen LogP contribution in [0, 0.1) is 17.8 Å². The molecule has 19 heavy (non-hydrogen) atoms. The number of alkyl halides is 3. The van der Waals surface area contributed by atoms with Crippen LogP contribution in [0.2, 0.25) is 0 Å². The second-order valence-corrected chi connectivity index (χ2v) is 6.03. The van der Waals surface area contributed by atoms with Gasteiger partial charge in [-0.1, -0.05) is 33.6 Å². The minimum absolute atomic E-state index is 0.182. The van der Waals surface area contributed by atoms with E-state index in [0.717, 1.165) is 32.2 Å². The van der Waals surface area contributed by atoms with E-state index in [4.69, 9.17) is 0 Å². The first-order valence-corrected chi connectivity index (χ1v) is 7.70. The quantitative estimate of drug-likeness (QED) is 0.738. The molecule has 0 bridgehead atoms. The second-order valence-electron chi connectivity index (χ2n) is 6.03. The van der Waals surface area contributed by atoms with Crippen LogP contribution < -0.4 is 5.32 Å². The summed E-state index contributed by atoms with van der Waals surface area (Å²) in [6.45, 7) is 7.28. The van der Waals surface area contributed by atoms with Crippen molar-refractivity contribution in [2.24, 2.45) is 17.8 Å². The highest BCUT2D eigenvalue weighted by atomic mass is 19.4. The van der Waals surface area contributed by atoms with Crippen LogP contribution in [0.5, 0.6) is 0 Å². The number of halogens is 3.